The third-order valence-corrected chi connectivity index (χ3v) is 3.81. The third-order valence-electron chi connectivity index (χ3n) is 3.14. The molecule has 1 saturated heterocycles. The third kappa shape index (κ3) is 3.00. The Labute approximate surface area is 114 Å². The zero-order chi connectivity index (χ0) is 13.1. The second-order valence-corrected chi connectivity index (χ2v) is 5.37. The highest BCUT2D eigenvalue weighted by molar-refractivity contribution is 9.10. The zero-order valence-electron chi connectivity index (χ0n) is 10.1. The van der Waals surface area contributed by atoms with Crippen LogP contribution in [0, 0.1) is 16.0 Å². The van der Waals surface area contributed by atoms with Gasteiger partial charge in [0.15, 0.2) is 0 Å². The first-order chi connectivity index (χ1) is 8.58. The molecule has 2 atom stereocenters. The molecule has 0 spiro atoms. The lowest BCUT2D eigenvalue weighted by Gasteiger charge is -2.30. The molecule has 1 heterocycles. The fourth-order valence-electron chi connectivity index (χ4n) is 2.05. The van der Waals surface area contributed by atoms with Gasteiger partial charge in [0.1, 0.15) is 0 Å². The standard InChI is InChI=1S/C12H15BrN2O3/c1-8-7-18-5-4-11(8)14-9-2-3-10(13)12(6-9)15(16)17/h2-3,6,8,11,14H,4-5,7H2,1H3. The number of halogens is 1. The number of nitrogens with zero attached hydrogens (tertiary/aromatic N) is 1. The molecule has 6 heteroatoms. The monoisotopic (exact) mass is 314 g/mol. The number of benzene rings is 1. The molecule has 2 unspecified atom stereocenters. The number of ether oxygens (including phenoxy) is 1. The Morgan fingerprint density at radius 3 is 3.00 bits per heavy atom. The fraction of sp³-hybridized carbons (Fsp3) is 0.500. The summed E-state index contributed by atoms with van der Waals surface area (Å²) < 4.78 is 5.87. The van der Waals surface area contributed by atoms with E-state index in [1.807, 2.05) is 6.07 Å². The summed E-state index contributed by atoms with van der Waals surface area (Å²) in [5.41, 5.74) is 0.864. The summed E-state index contributed by atoms with van der Waals surface area (Å²) in [7, 11) is 0. The number of hydrogen-bond acceptors (Lipinski definition) is 4. The van der Waals surface area contributed by atoms with Gasteiger partial charge in [0.05, 0.1) is 16.0 Å². The van der Waals surface area contributed by atoms with Crippen LogP contribution in [0.15, 0.2) is 22.7 Å². The molecule has 1 aliphatic rings. The molecular weight excluding hydrogens is 300 g/mol. The second-order valence-electron chi connectivity index (χ2n) is 4.52. The van der Waals surface area contributed by atoms with Crippen LogP contribution in [0.5, 0.6) is 0 Å². The highest BCUT2D eigenvalue weighted by atomic mass is 79.9. The van der Waals surface area contributed by atoms with Crippen molar-refractivity contribution in [1.29, 1.82) is 0 Å². The van der Waals surface area contributed by atoms with E-state index in [1.165, 1.54) is 0 Å². The van der Waals surface area contributed by atoms with Crippen LogP contribution in [0.2, 0.25) is 0 Å². The predicted octanol–water partition coefficient (Wildman–Crippen LogP) is 3.19. The van der Waals surface area contributed by atoms with E-state index >= 15 is 0 Å². The summed E-state index contributed by atoms with van der Waals surface area (Å²) in [6, 6.07) is 5.41. The molecule has 1 aromatic carbocycles. The molecule has 0 radical (unpaired) electrons. The Morgan fingerprint density at radius 2 is 2.33 bits per heavy atom. The number of rotatable bonds is 3. The number of anilines is 1. The van der Waals surface area contributed by atoms with Gasteiger partial charge in [-0.05, 0) is 40.4 Å². The van der Waals surface area contributed by atoms with Crippen molar-refractivity contribution in [3.05, 3.63) is 32.8 Å². The van der Waals surface area contributed by atoms with Crippen molar-refractivity contribution in [1.82, 2.24) is 0 Å². The largest absolute Gasteiger partial charge is 0.382 e. The Hall–Kier alpha value is -1.14. The van der Waals surface area contributed by atoms with Gasteiger partial charge in [-0.2, -0.15) is 0 Å². The quantitative estimate of drug-likeness (QED) is 0.687. The lowest BCUT2D eigenvalue weighted by atomic mass is 9.97. The van der Waals surface area contributed by atoms with Crippen LogP contribution in [-0.2, 0) is 4.74 Å². The van der Waals surface area contributed by atoms with E-state index in [9.17, 15) is 10.1 Å². The Kier molecular flexibility index (Phi) is 4.19. The zero-order valence-corrected chi connectivity index (χ0v) is 11.6. The molecule has 0 bridgehead atoms. The van der Waals surface area contributed by atoms with Crippen molar-refractivity contribution in [3.63, 3.8) is 0 Å². The first kappa shape index (κ1) is 13.3. The van der Waals surface area contributed by atoms with Crippen LogP contribution in [0.25, 0.3) is 0 Å². The van der Waals surface area contributed by atoms with Gasteiger partial charge in [0.2, 0.25) is 0 Å². The van der Waals surface area contributed by atoms with Crippen LogP contribution < -0.4 is 5.32 Å². The predicted molar refractivity (Wildman–Crippen MR) is 72.8 cm³/mol. The number of hydrogen-bond donors (Lipinski definition) is 1. The molecule has 0 amide bonds. The Bertz CT molecular complexity index is 453. The lowest BCUT2D eigenvalue weighted by Crippen LogP contribution is -2.35. The van der Waals surface area contributed by atoms with Gasteiger partial charge in [-0.25, -0.2) is 0 Å². The van der Waals surface area contributed by atoms with Crippen molar-refractivity contribution in [2.45, 2.75) is 19.4 Å². The Morgan fingerprint density at radius 1 is 1.56 bits per heavy atom. The molecular formula is C12H15BrN2O3. The summed E-state index contributed by atoms with van der Waals surface area (Å²) in [6.07, 6.45) is 0.922. The molecule has 0 saturated carbocycles. The number of nitro groups is 1. The summed E-state index contributed by atoms with van der Waals surface area (Å²) in [4.78, 5) is 10.5. The molecule has 0 aliphatic carbocycles. The van der Waals surface area contributed by atoms with Crippen molar-refractivity contribution in [2.24, 2.45) is 5.92 Å². The van der Waals surface area contributed by atoms with E-state index in [1.54, 1.807) is 12.1 Å². The number of nitro benzene ring substituents is 1. The van der Waals surface area contributed by atoms with E-state index in [2.05, 4.69) is 28.2 Å². The van der Waals surface area contributed by atoms with Crippen LogP contribution >= 0.6 is 15.9 Å². The van der Waals surface area contributed by atoms with E-state index in [0.717, 1.165) is 25.3 Å². The van der Waals surface area contributed by atoms with E-state index < -0.39 is 0 Å². The molecule has 18 heavy (non-hydrogen) atoms. The highest BCUT2D eigenvalue weighted by Gasteiger charge is 2.22. The minimum Gasteiger partial charge on any atom is -0.382 e. The molecule has 1 aliphatic heterocycles. The summed E-state index contributed by atoms with van der Waals surface area (Å²) in [6.45, 7) is 3.58. The van der Waals surface area contributed by atoms with Gasteiger partial charge in [-0.3, -0.25) is 10.1 Å². The van der Waals surface area contributed by atoms with Gasteiger partial charge in [0.25, 0.3) is 5.69 Å². The lowest BCUT2D eigenvalue weighted by molar-refractivity contribution is -0.385. The molecule has 1 fully saturated rings. The second kappa shape index (κ2) is 5.67. The van der Waals surface area contributed by atoms with Gasteiger partial charge < -0.3 is 10.1 Å². The summed E-state index contributed by atoms with van der Waals surface area (Å²) >= 11 is 3.18. The normalized spacial score (nSPS) is 23.7. The first-order valence-corrected chi connectivity index (χ1v) is 6.65. The van der Waals surface area contributed by atoms with Crippen LogP contribution in [0.4, 0.5) is 11.4 Å². The fourth-order valence-corrected chi connectivity index (χ4v) is 2.44. The van der Waals surface area contributed by atoms with Gasteiger partial charge in [0, 0.05) is 24.4 Å². The average molecular weight is 315 g/mol. The van der Waals surface area contributed by atoms with Crippen LogP contribution in [0.3, 0.4) is 0 Å². The molecule has 2 rings (SSSR count). The van der Waals surface area contributed by atoms with Gasteiger partial charge in [-0.15, -0.1) is 0 Å². The van der Waals surface area contributed by atoms with Gasteiger partial charge >= 0.3 is 0 Å². The average Bonchev–Trinajstić information content (AvgIpc) is 2.34. The molecule has 1 N–H and O–H groups in total. The maximum atomic E-state index is 10.9. The van der Waals surface area contributed by atoms with Crippen molar-refractivity contribution in [3.8, 4) is 0 Å². The van der Waals surface area contributed by atoms with Crippen molar-refractivity contribution < 1.29 is 9.66 Å². The molecule has 98 valence electrons. The maximum Gasteiger partial charge on any atom is 0.285 e. The SMILES string of the molecule is CC1COCCC1Nc1ccc(Br)c([N+](=O)[O-])c1. The first-order valence-electron chi connectivity index (χ1n) is 5.86. The maximum absolute atomic E-state index is 10.9. The van der Waals surface area contributed by atoms with Crippen LogP contribution in [0.1, 0.15) is 13.3 Å². The molecule has 5 nitrogen and oxygen atoms in total. The van der Waals surface area contributed by atoms with Crippen molar-refractivity contribution in [2.75, 3.05) is 18.5 Å². The minimum absolute atomic E-state index is 0.0831. The van der Waals surface area contributed by atoms with Crippen molar-refractivity contribution >= 4 is 27.3 Å². The minimum atomic E-state index is -0.386. The van der Waals surface area contributed by atoms with Crippen LogP contribution in [-0.4, -0.2) is 24.2 Å². The Balaban J connectivity index is 2.14. The van der Waals surface area contributed by atoms with E-state index in [0.29, 0.717) is 16.4 Å². The van der Waals surface area contributed by atoms with Gasteiger partial charge in [-0.1, -0.05) is 6.92 Å². The highest BCUT2D eigenvalue weighted by Crippen LogP contribution is 2.29. The topological polar surface area (TPSA) is 64.4 Å². The number of nitrogens with one attached hydrogen (secondary N) is 1. The van der Waals surface area contributed by atoms with E-state index in [4.69, 9.17) is 4.74 Å². The summed E-state index contributed by atoms with van der Waals surface area (Å²) in [5.74, 6) is 0.404. The smallest absolute Gasteiger partial charge is 0.285 e. The molecule has 1 aromatic rings. The van der Waals surface area contributed by atoms with E-state index in [-0.39, 0.29) is 10.6 Å². The molecule has 0 aromatic heterocycles. The summed E-state index contributed by atoms with van der Waals surface area (Å²) in [5, 5.41) is 14.2.